The van der Waals surface area contributed by atoms with E-state index in [9.17, 15) is 4.79 Å². The van der Waals surface area contributed by atoms with E-state index in [1.165, 1.54) is 5.56 Å². The van der Waals surface area contributed by atoms with Crippen molar-refractivity contribution in [1.82, 2.24) is 15.6 Å². The number of carbonyl (C=O) groups excluding carboxylic acids is 1. The Morgan fingerprint density at radius 2 is 1.95 bits per heavy atom. The topological polar surface area (TPSA) is 90.9 Å². The molecule has 0 radical (unpaired) electrons. The number of pyridine rings is 1. The highest BCUT2D eigenvalue weighted by molar-refractivity contribution is 6.35. The number of hydrogen-bond donors (Lipinski definition) is 2. The number of nitrogens with zero attached hydrogens (tertiary/aromatic N) is 1. The third-order valence-electron chi connectivity index (χ3n) is 7.38. The molecule has 1 aromatic heterocycles. The van der Waals surface area contributed by atoms with Crippen LogP contribution in [-0.4, -0.2) is 43.8 Å². The van der Waals surface area contributed by atoms with E-state index in [4.69, 9.17) is 42.1 Å². The van der Waals surface area contributed by atoms with Crippen LogP contribution in [-0.2, 0) is 17.8 Å². The minimum Gasteiger partial charge on any atom is -0.486 e. The molecule has 6 rings (SSSR count). The van der Waals surface area contributed by atoms with E-state index in [2.05, 4.69) is 27.8 Å². The number of methoxy groups -OCH3 is 1. The van der Waals surface area contributed by atoms with Gasteiger partial charge in [0.05, 0.1) is 12.1 Å². The summed E-state index contributed by atoms with van der Waals surface area (Å²) in [6, 6.07) is 12.0. The fraction of sp³-hybridized carbons (Fsp3) is 0.379. The standard InChI is InChI=1S/C29H29Cl2N3O5/c1-36-28-16(14-32-15-17-5-10-25(35)33-17)13-22(30)29(34-28)39-23-8-6-19-18(3-2-4-20(19)23)21-7-9-24-27(26(21)31)38-12-11-37-24/h2-4,7,9,13,17,23,32H,5-6,8,10-12,14-15H2,1H3,(H,33,35)/t17-,23-/m0/s1. The zero-order valence-electron chi connectivity index (χ0n) is 21.5. The smallest absolute Gasteiger partial charge is 0.236 e. The number of fused-ring (bicyclic) bond motifs is 2. The number of rotatable bonds is 8. The quantitative estimate of drug-likeness (QED) is 0.382. The Labute approximate surface area is 236 Å². The number of aromatic nitrogens is 1. The summed E-state index contributed by atoms with van der Waals surface area (Å²) in [6.07, 6.45) is 2.81. The molecule has 1 aliphatic carbocycles. The Morgan fingerprint density at radius 1 is 1.08 bits per heavy atom. The van der Waals surface area contributed by atoms with Crippen LogP contribution in [0.5, 0.6) is 23.3 Å². The van der Waals surface area contributed by atoms with Gasteiger partial charge in [0, 0.05) is 36.7 Å². The molecule has 8 nitrogen and oxygen atoms in total. The van der Waals surface area contributed by atoms with Gasteiger partial charge in [-0.05, 0) is 54.2 Å². The van der Waals surface area contributed by atoms with E-state index in [1.807, 2.05) is 24.3 Å². The van der Waals surface area contributed by atoms with E-state index in [0.717, 1.165) is 41.5 Å². The zero-order chi connectivity index (χ0) is 26.9. The number of amides is 1. The maximum atomic E-state index is 11.4. The Bertz CT molecular complexity index is 1420. The highest BCUT2D eigenvalue weighted by Gasteiger charge is 2.30. The van der Waals surface area contributed by atoms with Gasteiger partial charge in [0.2, 0.25) is 17.7 Å². The van der Waals surface area contributed by atoms with Crippen LogP contribution in [0.1, 0.15) is 42.1 Å². The van der Waals surface area contributed by atoms with Crippen molar-refractivity contribution < 1.29 is 23.7 Å². The molecule has 1 amide bonds. The third-order valence-corrected chi connectivity index (χ3v) is 8.02. The van der Waals surface area contributed by atoms with Crippen LogP contribution in [0.15, 0.2) is 36.4 Å². The number of carbonyl (C=O) groups is 1. The van der Waals surface area contributed by atoms with E-state index in [0.29, 0.717) is 66.0 Å². The minimum atomic E-state index is -0.208. The molecule has 2 atom stereocenters. The molecule has 2 aliphatic heterocycles. The number of benzene rings is 2. The SMILES string of the molecule is COc1nc(O[C@H]2CCc3c(-c4ccc5c(c4Cl)OCCO5)cccc32)c(Cl)cc1CNC[C@@H]1CCC(=O)N1. The average Bonchev–Trinajstić information content (AvgIpc) is 3.56. The molecule has 1 fully saturated rings. The lowest BCUT2D eigenvalue weighted by molar-refractivity contribution is -0.119. The summed E-state index contributed by atoms with van der Waals surface area (Å²) in [4.78, 5) is 16.0. The summed E-state index contributed by atoms with van der Waals surface area (Å²) in [7, 11) is 1.58. The van der Waals surface area contributed by atoms with E-state index in [-0.39, 0.29) is 18.1 Å². The predicted molar refractivity (Wildman–Crippen MR) is 148 cm³/mol. The van der Waals surface area contributed by atoms with Crippen LogP contribution in [0.25, 0.3) is 11.1 Å². The second kappa shape index (κ2) is 11.1. The average molecular weight is 570 g/mol. The molecule has 0 unspecified atom stereocenters. The van der Waals surface area contributed by atoms with Gasteiger partial charge in [-0.3, -0.25) is 4.79 Å². The molecular weight excluding hydrogens is 541 g/mol. The maximum Gasteiger partial charge on any atom is 0.236 e. The Balaban J connectivity index is 1.20. The second-order valence-corrected chi connectivity index (χ2v) is 10.6. The van der Waals surface area contributed by atoms with E-state index in [1.54, 1.807) is 7.11 Å². The summed E-state index contributed by atoms with van der Waals surface area (Å²) >= 11 is 13.4. The Morgan fingerprint density at radius 3 is 2.77 bits per heavy atom. The fourth-order valence-corrected chi connectivity index (χ4v) is 6.04. The van der Waals surface area contributed by atoms with Crippen molar-refractivity contribution in [2.45, 2.75) is 44.4 Å². The second-order valence-electron chi connectivity index (χ2n) is 9.85. The maximum absolute atomic E-state index is 11.4. The molecule has 39 heavy (non-hydrogen) atoms. The molecule has 1 saturated heterocycles. The lowest BCUT2D eigenvalue weighted by Crippen LogP contribution is -2.35. The number of halogens is 2. The normalized spacial score (nSPS) is 19.5. The molecule has 3 aliphatic rings. The van der Waals surface area contributed by atoms with Gasteiger partial charge in [-0.15, -0.1) is 0 Å². The summed E-state index contributed by atoms with van der Waals surface area (Å²) in [5.74, 6) is 2.14. The van der Waals surface area contributed by atoms with Crippen molar-refractivity contribution in [2.75, 3.05) is 26.9 Å². The van der Waals surface area contributed by atoms with Crippen molar-refractivity contribution in [3.8, 4) is 34.4 Å². The first kappa shape index (κ1) is 26.0. The lowest BCUT2D eigenvalue weighted by Gasteiger charge is -2.21. The number of hydrogen-bond acceptors (Lipinski definition) is 7. The van der Waals surface area contributed by atoms with Crippen LogP contribution >= 0.6 is 23.2 Å². The van der Waals surface area contributed by atoms with Gasteiger partial charge >= 0.3 is 0 Å². The molecular formula is C29H29Cl2N3O5. The highest BCUT2D eigenvalue weighted by atomic mass is 35.5. The fourth-order valence-electron chi connectivity index (χ4n) is 5.51. The minimum absolute atomic E-state index is 0.0978. The molecule has 3 heterocycles. The van der Waals surface area contributed by atoms with Crippen LogP contribution in [0.2, 0.25) is 10.0 Å². The number of nitrogens with one attached hydrogen (secondary N) is 2. The van der Waals surface area contributed by atoms with Crippen molar-refractivity contribution in [3.05, 3.63) is 63.1 Å². The first-order chi connectivity index (χ1) is 19.0. The Kier molecular flexibility index (Phi) is 7.42. The molecule has 0 saturated carbocycles. The van der Waals surface area contributed by atoms with E-state index < -0.39 is 0 Å². The van der Waals surface area contributed by atoms with Gasteiger partial charge in [0.15, 0.2) is 11.5 Å². The van der Waals surface area contributed by atoms with Crippen molar-refractivity contribution in [1.29, 1.82) is 0 Å². The Hall–Kier alpha value is -3.20. The summed E-state index contributed by atoms with van der Waals surface area (Å²) in [5.41, 5.74) is 5.05. The molecule has 2 N–H and O–H groups in total. The summed E-state index contributed by atoms with van der Waals surface area (Å²) in [6.45, 7) is 2.17. The van der Waals surface area contributed by atoms with Crippen molar-refractivity contribution >= 4 is 29.1 Å². The molecule has 3 aromatic rings. The predicted octanol–water partition coefficient (Wildman–Crippen LogP) is 5.27. The van der Waals surface area contributed by atoms with Gasteiger partial charge < -0.3 is 29.6 Å². The molecule has 0 spiro atoms. The van der Waals surface area contributed by atoms with Gasteiger partial charge in [-0.25, -0.2) is 0 Å². The van der Waals surface area contributed by atoms with Crippen LogP contribution in [0.4, 0.5) is 0 Å². The third kappa shape index (κ3) is 5.21. The lowest BCUT2D eigenvalue weighted by atomic mass is 9.96. The van der Waals surface area contributed by atoms with Crippen LogP contribution in [0.3, 0.4) is 0 Å². The summed E-state index contributed by atoms with van der Waals surface area (Å²) in [5, 5.41) is 7.28. The van der Waals surface area contributed by atoms with Crippen LogP contribution in [0, 0.1) is 0 Å². The monoisotopic (exact) mass is 569 g/mol. The number of ether oxygens (including phenoxy) is 4. The zero-order valence-corrected chi connectivity index (χ0v) is 23.0. The van der Waals surface area contributed by atoms with Crippen LogP contribution < -0.4 is 29.6 Å². The molecule has 0 bridgehead atoms. The summed E-state index contributed by atoms with van der Waals surface area (Å²) < 4.78 is 23.4. The van der Waals surface area contributed by atoms with Gasteiger partial charge in [-0.1, -0.05) is 41.4 Å². The molecule has 204 valence electrons. The van der Waals surface area contributed by atoms with Crippen molar-refractivity contribution in [2.24, 2.45) is 0 Å². The largest absolute Gasteiger partial charge is 0.486 e. The van der Waals surface area contributed by atoms with E-state index >= 15 is 0 Å². The van der Waals surface area contributed by atoms with Gasteiger partial charge in [0.1, 0.15) is 24.3 Å². The first-order valence-corrected chi connectivity index (χ1v) is 13.9. The van der Waals surface area contributed by atoms with Gasteiger partial charge in [0.25, 0.3) is 0 Å². The first-order valence-electron chi connectivity index (χ1n) is 13.1. The molecule has 10 heteroatoms. The highest BCUT2D eigenvalue weighted by Crippen LogP contribution is 2.47. The molecule has 2 aromatic carbocycles. The van der Waals surface area contributed by atoms with Gasteiger partial charge in [-0.2, -0.15) is 4.98 Å². The van der Waals surface area contributed by atoms with Crippen molar-refractivity contribution in [3.63, 3.8) is 0 Å².